The number of amides is 1. The van der Waals surface area contributed by atoms with Gasteiger partial charge in [-0.15, -0.1) is 0 Å². The Labute approximate surface area is 368 Å². The minimum Gasteiger partial charge on any atom is -0.394 e. The van der Waals surface area contributed by atoms with Crippen molar-refractivity contribution in [1.82, 2.24) is 5.32 Å². The van der Waals surface area contributed by atoms with Crippen molar-refractivity contribution in [2.45, 2.75) is 300 Å². The molecule has 60 heavy (non-hydrogen) atoms. The van der Waals surface area contributed by atoms with Crippen LogP contribution in [-0.4, -0.2) is 98.7 Å². The Kier molecular flexibility index (Phi) is 39.0. The average Bonchev–Trinajstić information content (AvgIpc) is 3.25. The maximum Gasteiger partial charge on any atom is 0.220 e. The number of hydrogen-bond donors (Lipinski definition) is 7. The zero-order chi connectivity index (χ0) is 43.9. The Bertz CT molecular complexity index is 926. The summed E-state index contributed by atoms with van der Waals surface area (Å²) in [6.07, 6.45) is 35.5. The summed E-state index contributed by atoms with van der Waals surface area (Å²) in [5, 5.41) is 65.3. The topological polar surface area (TPSA) is 169 Å². The summed E-state index contributed by atoms with van der Waals surface area (Å²) >= 11 is 0. The average molecular weight is 858 g/mol. The number of nitrogens with one attached hydrogen (secondary N) is 1. The van der Waals surface area contributed by atoms with Crippen LogP contribution in [0.15, 0.2) is 0 Å². The molecule has 1 saturated heterocycles. The number of aliphatic hydroxyl groups is 6. The minimum absolute atomic E-state index is 0.252. The number of hydrogen-bond acceptors (Lipinski definition) is 9. The molecule has 8 atom stereocenters. The number of ether oxygens (including phenoxy) is 2. The van der Waals surface area contributed by atoms with Crippen LogP contribution in [0, 0.1) is 0 Å². The molecule has 0 radical (unpaired) electrons. The smallest absolute Gasteiger partial charge is 0.220 e. The Morgan fingerprint density at radius 1 is 0.517 bits per heavy atom. The Morgan fingerprint density at radius 3 is 1.23 bits per heavy atom. The molecule has 0 aromatic heterocycles. The first-order valence-corrected chi connectivity index (χ1v) is 25.8. The first-order chi connectivity index (χ1) is 29.3. The van der Waals surface area contributed by atoms with Crippen LogP contribution in [0.3, 0.4) is 0 Å². The third kappa shape index (κ3) is 30.3. The molecule has 0 aromatic carbocycles. The van der Waals surface area contributed by atoms with Gasteiger partial charge in [-0.2, -0.15) is 0 Å². The van der Waals surface area contributed by atoms with Gasteiger partial charge in [-0.1, -0.05) is 232 Å². The molecule has 10 nitrogen and oxygen atoms in total. The Morgan fingerprint density at radius 2 is 0.867 bits per heavy atom. The normalized spacial score (nSPS) is 21.0. The quantitative estimate of drug-likeness (QED) is 0.0295. The van der Waals surface area contributed by atoms with Gasteiger partial charge in [-0.05, 0) is 12.8 Å². The lowest BCUT2D eigenvalue weighted by Crippen LogP contribution is -2.60. The molecule has 1 heterocycles. The fourth-order valence-electron chi connectivity index (χ4n) is 8.61. The SMILES string of the molecule is CCCCCCCCCCCCCCCCCCCCCCCCCC(=O)NC(CO[C@H]1O[C@H](CO)[C@H](O)[C@H](O)[C@H]1O)C(O)C(O)CCCCCCCCCCCCCC. The van der Waals surface area contributed by atoms with Crippen LogP contribution in [0.4, 0.5) is 0 Å². The predicted molar refractivity (Wildman–Crippen MR) is 246 cm³/mol. The Hall–Kier alpha value is -0.850. The largest absolute Gasteiger partial charge is 0.394 e. The molecule has 3 unspecified atom stereocenters. The first-order valence-electron chi connectivity index (χ1n) is 25.8. The van der Waals surface area contributed by atoms with Crippen LogP contribution in [0.25, 0.3) is 0 Å². The van der Waals surface area contributed by atoms with Crippen molar-refractivity contribution < 1.29 is 44.9 Å². The van der Waals surface area contributed by atoms with Gasteiger partial charge >= 0.3 is 0 Å². The van der Waals surface area contributed by atoms with E-state index < -0.39 is 55.6 Å². The highest BCUT2D eigenvalue weighted by Gasteiger charge is 2.44. The summed E-state index contributed by atoms with van der Waals surface area (Å²) < 4.78 is 11.2. The van der Waals surface area contributed by atoms with E-state index in [1.807, 2.05) is 0 Å². The van der Waals surface area contributed by atoms with E-state index in [0.717, 1.165) is 38.5 Å². The van der Waals surface area contributed by atoms with Gasteiger partial charge in [0.1, 0.15) is 30.5 Å². The summed E-state index contributed by atoms with van der Waals surface area (Å²) in [6, 6.07) is -0.985. The van der Waals surface area contributed by atoms with Crippen molar-refractivity contribution >= 4 is 5.91 Å². The van der Waals surface area contributed by atoms with Crippen LogP contribution in [0.2, 0.25) is 0 Å². The van der Waals surface area contributed by atoms with Gasteiger partial charge in [0.25, 0.3) is 0 Å². The van der Waals surface area contributed by atoms with Crippen molar-refractivity contribution in [2.75, 3.05) is 13.2 Å². The summed E-state index contributed by atoms with van der Waals surface area (Å²) in [4.78, 5) is 13.0. The van der Waals surface area contributed by atoms with Gasteiger partial charge in [0.15, 0.2) is 6.29 Å². The zero-order valence-electron chi connectivity index (χ0n) is 39.1. The molecule has 0 spiro atoms. The van der Waals surface area contributed by atoms with Crippen molar-refractivity contribution in [3.8, 4) is 0 Å². The van der Waals surface area contributed by atoms with E-state index >= 15 is 0 Å². The lowest BCUT2D eigenvalue weighted by Gasteiger charge is -2.40. The van der Waals surface area contributed by atoms with E-state index in [4.69, 9.17) is 9.47 Å². The second-order valence-corrected chi connectivity index (χ2v) is 18.5. The second-order valence-electron chi connectivity index (χ2n) is 18.5. The van der Waals surface area contributed by atoms with E-state index in [2.05, 4.69) is 19.2 Å². The highest BCUT2D eigenvalue weighted by atomic mass is 16.7. The Balaban J connectivity index is 2.26. The summed E-state index contributed by atoms with van der Waals surface area (Å²) in [6.45, 7) is 3.63. The minimum atomic E-state index is -1.60. The van der Waals surface area contributed by atoms with E-state index in [9.17, 15) is 35.4 Å². The second kappa shape index (κ2) is 40.9. The molecular weight excluding hydrogens is 759 g/mol. The van der Waals surface area contributed by atoms with E-state index in [0.29, 0.717) is 6.42 Å². The van der Waals surface area contributed by atoms with Crippen LogP contribution in [0.5, 0.6) is 0 Å². The van der Waals surface area contributed by atoms with Gasteiger partial charge in [0.2, 0.25) is 5.91 Å². The van der Waals surface area contributed by atoms with Crippen molar-refractivity contribution in [3.05, 3.63) is 0 Å². The first kappa shape index (κ1) is 57.2. The van der Waals surface area contributed by atoms with E-state index in [1.54, 1.807) is 0 Å². The van der Waals surface area contributed by atoms with Gasteiger partial charge < -0.3 is 45.4 Å². The third-order valence-electron chi connectivity index (χ3n) is 12.8. The maximum atomic E-state index is 13.0. The molecule has 1 aliphatic rings. The van der Waals surface area contributed by atoms with E-state index in [1.165, 1.54) is 186 Å². The number of carbonyl (C=O) groups is 1. The van der Waals surface area contributed by atoms with Crippen LogP contribution >= 0.6 is 0 Å². The molecular formula is C50H99NO9. The summed E-state index contributed by atoms with van der Waals surface area (Å²) in [5.41, 5.74) is 0. The van der Waals surface area contributed by atoms with E-state index in [-0.39, 0.29) is 18.9 Å². The van der Waals surface area contributed by atoms with Crippen LogP contribution in [0.1, 0.15) is 251 Å². The molecule has 1 amide bonds. The monoisotopic (exact) mass is 858 g/mol. The van der Waals surface area contributed by atoms with Crippen LogP contribution < -0.4 is 5.32 Å². The molecule has 0 aliphatic carbocycles. The van der Waals surface area contributed by atoms with Gasteiger partial charge in [-0.3, -0.25) is 4.79 Å². The molecule has 10 heteroatoms. The molecule has 0 saturated carbocycles. The molecule has 1 aliphatic heterocycles. The van der Waals surface area contributed by atoms with Crippen molar-refractivity contribution in [1.29, 1.82) is 0 Å². The molecule has 7 N–H and O–H groups in total. The number of rotatable bonds is 44. The van der Waals surface area contributed by atoms with Gasteiger partial charge in [-0.25, -0.2) is 0 Å². The molecule has 0 bridgehead atoms. The molecule has 358 valence electrons. The fourth-order valence-corrected chi connectivity index (χ4v) is 8.61. The van der Waals surface area contributed by atoms with Crippen LogP contribution in [-0.2, 0) is 14.3 Å². The van der Waals surface area contributed by atoms with Crippen molar-refractivity contribution in [3.63, 3.8) is 0 Å². The molecule has 0 aromatic rings. The standard InChI is InChI=1S/C50H99NO9/c1-3-5-7-9-11-13-15-17-18-19-20-21-22-23-24-25-26-27-29-31-33-35-37-39-45(54)51-42(41-59-50-49(58)48(57)47(56)44(40-52)60-50)46(55)43(53)38-36-34-32-30-28-16-14-12-10-8-6-4-2/h42-44,46-50,52-53,55-58H,3-41H2,1-2H3,(H,51,54)/t42?,43?,44-,46?,47+,48+,49-,50+/m1/s1. The molecule has 1 rings (SSSR count). The van der Waals surface area contributed by atoms with Crippen molar-refractivity contribution in [2.24, 2.45) is 0 Å². The number of carbonyl (C=O) groups excluding carboxylic acids is 1. The third-order valence-corrected chi connectivity index (χ3v) is 12.8. The predicted octanol–water partition coefficient (Wildman–Crippen LogP) is 10.5. The highest BCUT2D eigenvalue weighted by Crippen LogP contribution is 2.23. The molecule has 1 fully saturated rings. The zero-order valence-corrected chi connectivity index (χ0v) is 39.1. The summed E-state index contributed by atoms with van der Waals surface area (Å²) in [7, 11) is 0. The maximum absolute atomic E-state index is 13.0. The van der Waals surface area contributed by atoms with Gasteiger partial charge in [0, 0.05) is 6.42 Å². The fraction of sp³-hybridized carbons (Fsp3) is 0.980. The number of unbranched alkanes of at least 4 members (excludes halogenated alkanes) is 33. The van der Waals surface area contributed by atoms with Gasteiger partial charge in [0.05, 0.1) is 25.4 Å². The number of aliphatic hydroxyl groups excluding tert-OH is 6. The lowest BCUT2D eigenvalue weighted by atomic mass is 9.98. The lowest BCUT2D eigenvalue weighted by molar-refractivity contribution is -0.303. The summed E-state index contributed by atoms with van der Waals surface area (Å²) in [5.74, 6) is -0.252. The highest BCUT2D eigenvalue weighted by molar-refractivity contribution is 5.76.